The van der Waals surface area contributed by atoms with Crippen molar-refractivity contribution < 1.29 is 24.1 Å². The summed E-state index contributed by atoms with van der Waals surface area (Å²) in [4.78, 5) is 10.8. The fourth-order valence-electron chi connectivity index (χ4n) is 1.68. The molecule has 16 heavy (non-hydrogen) atoms. The first-order valence-corrected chi connectivity index (χ1v) is 5.68. The van der Waals surface area contributed by atoms with E-state index >= 15 is 0 Å². The highest BCUT2D eigenvalue weighted by Crippen LogP contribution is 2.29. The maximum atomic E-state index is 10.8. The number of aliphatic hydroxyl groups excluding tert-OH is 1. The van der Waals surface area contributed by atoms with Crippen LogP contribution in [0.2, 0.25) is 0 Å². The minimum Gasteiger partial charge on any atom is -0.460 e. The molecule has 0 aliphatic carbocycles. The number of esters is 1. The molecule has 0 aromatic heterocycles. The number of aliphatic hydroxyl groups is 1. The number of carbonyl (C=O) groups is 1. The van der Waals surface area contributed by atoms with Crippen LogP contribution in [0.5, 0.6) is 0 Å². The molecular weight excluding hydrogens is 212 g/mol. The van der Waals surface area contributed by atoms with E-state index in [1.165, 1.54) is 6.92 Å². The zero-order valence-corrected chi connectivity index (χ0v) is 9.90. The first kappa shape index (κ1) is 13.4. The van der Waals surface area contributed by atoms with Crippen LogP contribution in [0.3, 0.4) is 0 Å². The van der Waals surface area contributed by atoms with Gasteiger partial charge in [-0.3, -0.25) is 4.79 Å². The Balaban J connectivity index is 2.40. The van der Waals surface area contributed by atoms with Gasteiger partial charge in [0.05, 0.1) is 19.8 Å². The normalized spacial score (nSPS) is 29.3. The number of hydrogen-bond acceptors (Lipinski definition) is 5. The average molecular weight is 232 g/mol. The van der Waals surface area contributed by atoms with Crippen molar-refractivity contribution in [2.45, 2.75) is 45.0 Å². The zero-order chi connectivity index (χ0) is 12.0. The monoisotopic (exact) mass is 232 g/mol. The first-order chi connectivity index (χ1) is 7.62. The smallest absolute Gasteiger partial charge is 0.302 e. The number of unbranched alkanes of at least 4 members (excludes halogenated alkanes) is 1. The summed E-state index contributed by atoms with van der Waals surface area (Å²) in [5.74, 6) is -1.31. The van der Waals surface area contributed by atoms with Crippen molar-refractivity contribution in [1.29, 1.82) is 0 Å². The van der Waals surface area contributed by atoms with Gasteiger partial charge in [-0.05, 0) is 6.42 Å². The van der Waals surface area contributed by atoms with Crippen molar-refractivity contribution in [3.63, 3.8) is 0 Å². The van der Waals surface area contributed by atoms with Crippen LogP contribution in [0, 0.1) is 0 Å². The molecule has 5 nitrogen and oxygen atoms in total. The molecule has 1 rings (SSSR count). The molecule has 1 saturated heterocycles. The molecule has 1 fully saturated rings. The average Bonchev–Trinajstić information content (AvgIpc) is 2.62. The van der Waals surface area contributed by atoms with Crippen LogP contribution in [-0.4, -0.2) is 42.8 Å². The standard InChI is InChI=1S/C11H20O5/c1-3-4-5-14-11(8-12)6-10(7-15-11)16-9(2)13/h10,12H,3-8H2,1-2H3. The van der Waals surface area contributed by atoms with Gasteiger partial charge < -0.3 is 19.3 Å². The van der Waals surface area contributed by atoms with Gasteiger partial charge in [0, 0.05) is 13.3 Å². The second-order valence-corrected chi connectivity index (χ2v) is 4.02. The lowest BCUT2D eigenvalue weighted by Crippen LogP contribution is -2.37. The molecule has 5 heteroatoms. The third-order valence-corrected chi connectivity index (χ3v) is 2.51. The number of carbonyl (C=O) groups excluding carboxylic acids is 1. The van der Waals surface area contributed by atoms with Crippen LogP contribution in [0.1, 0.15) is 33.1 Å². The van der Waals surface area contributed by atoms with Gasteiger partial charge in [0.15, 0.2) is 5.79 Å². The van der Waals surface area contributed by atoms with E-state index in [1.54, 1.807) is 0 Å². The maximum Gasteiger partial charge on any atom is 0.302 e. The van der Waals surface area contributed by atoms with Crippen molar-refractivity contribution >= 4 is 5.97 Å². The topological polar surface area (TPSA) is 65.0 Å². The van der Waals surface area contributed by atoms with Crippen LogP contribution in [0.15, 0.2) is 0 Å². The second-order valence-electron chi connectivity index (χ2n) is 4.02. The highest BCUT2D eigenvalue weighted by atomic mass is 16.7. The first-order valence-electron chi connectivity index (χ1n) is 5.68. The van der Waals surface area contributed by atoms with E-state index in [4.69, 9.17) is 14.2 Å². The van der Waals surface area contributed by atoms with Gasteiger partial charge in [0.25, 0.3) is 0 Å². The van der Waals surface area contributed by atoms with E-state index in [1.807, 2.05) is 0 Å². The van der Waals surface area contributed by atoms with Gasteiger partial charge in [0.1, 0.15) is 6.10 Å². The van der Waals surface area contributed by atoms with Gasteiger partial charge in [-0.1, -0.05) is 13.3 Å². The van der Waals surface area contributed by atoms with Crippen LogP contribution in [0.25, 0.3) is 0 Å². The highest BCUT2D eigenvalue weighted by molar-refractivity contribution is 5.66. The Bertz CT molecular complexity index is 230. The third-order valence-electron chi connectivity index (χ3n) is 2.51. The Morgan fingerprint density at radius 1 is 1.62 bits per heavy atom. The summed E-state index contributed by atoms with van der Waals surface area (Å²) in [5, 5.41) is 9.28. The van der Waals surface area contributed by atoms with Gasteiger partial charge >= 0.3 is 5.97 Å². The summed E-state index contributed by atoms with van der Waals surface area (Å²) in [6, 6.07) is 0. The van der Waals surface area contributed by atoms with E-state index in [2.05, 4.69) is 6.92 Å². The summed E-state index contributed by atoms with van der Waals surface area (Å²) >= 11 is 0. The summed E-state index contributed by atoms with van der Waals surface area (Å²) in [7, 11) is 0. The van der Waals surface area contributed by atoms with E-state index in [0.717, 1.165) is 12.8 Å². The summed E-state index contributed by atoms with van der Waals surface area (Å²) in [6.45, 7) is 4.04. The SMILES string of the molecule is CCCCOC1(CO)CC(OC(C)=O)CO1. The van der Waals surface area contributed by atoms with Gasteiger partial charge in [-0.15, -0.1) is 0 Å². The predicted octanol–water partition coefficient (Wildman–Crippen LogP) is 0.844. The molecule has 0 spiro atoms. The van der Waals surface area contributed by atoms with E-state index in [0.29, 0.717) is 13.0 Å². The molecule has 0 saturated carbocycles. The molecule has 0 amide bonds. The summed E-state index contributed by atoms with van der Waals surface area (Å²) < 4.78 is 15.9. The van der Waals surface area contributed by atoms with Crippen molar-refractivity contribution in [1.82, 2.24) is 0 Å². The van der Waals surface area contributed by atoms with Gasteiger partial charge in [0.2, 0.25) is 0 Å². The molecule has 1 aliphatic rings. The molecule has 94 valence electrons. The summed E-state index contributed by atoms with van der Waals surface area (Å²) in [6.07, 6.45) is 2.02. The van der Waals surface area contributed by atoms with Crippen molar-refractivity contribution in [3.05, 3.63) is 0 Å². The summed E-state index contributed by atoms with van der Waals surface area (Å²) in [5.41, 5.74) is 0. The molecule has 2 atom stereocenters. The Kier molecular flexibility index (Phi) is 5.18. The van der Waals surface area contributed by atoms with Crippen LogP contribution in [0.4, 0.5) is 0 Å². The minimum atomic E-state index is -0.977. The lowest BCUT2D eigenvalue weighted by Gasteiger charge is -2.25. The molecule has 2 unspecified atom stereocenters. The number of ether oxygens (including phenoxy) is 3. The lowest BCUT2D eigenvalue weighted by atomic mass is 10.1. The van der Waals surface area contributed by atoms with Crippen molar-refractivity contribution in [2.24, 2.45) is 0 Å². The van der Waals surface area contributed by atoms with Crippen LogP contribution in [-0.2, 0) is 19.0 Å². The molecule has 0 bridgehead atoms. The highest BCUT2D eigenvalue weighted by Gasteiger charge is 2.42. The van der Waals surface area contributed by atoms with E-state index in [9.17, 15) is 9.90 Å². The van der Waals surface area contributed by atoms with Gasteiger partial charge in [-0.25, -0.2) is 0 Å². The molecular formula is C11H20O5. The lowest BCUT2D eigenvalue weighted by molar-refractivity contribution is -0.229. The Hall–Kier alpha value is -0.650. The second kappa shape index (κ2) is 6.18. The minimum absolute atomic E-state index is 0.214. The molecule has 1 N–H and O–H groups in total. The number of rotatable bonds is 6. The fourth-order valence-corrected chi connectivity index (χ4v) is 1.68. The zero-order valence-electron chi connectivity index (χ0n) is 9.90. The fraction of sp³-hybridized carbons (Fsp3) is 0.909. The Labute approximate surface area is 95.7 Å². The number of hydrogen-bond donors (Lipinski definition) is 1. The third kappa shape index (κ3) is 3.73. The predicted molar refractivity (Wildman–Crippen MR) is 56.8 cm³/mol. The Morgan fingerprint density at radius 2 is 2.38 bits per heavy atom. The van der Waals surface area contributed by atoms with E-state index in [-0.39, 0.29) is 25.3 Å². The largest absolute Gasteiger partial charge is 0.460 e. The molecule has 0 radical (unpaired) electrons. The quantitative estimate of drug-likeness (QED) is 0.543. The molecule has 1 aliphatic heterocycles. The molecule has 0 aromatic rings. The maximum absolute atomic E-state index is 10.8. The van der Waals surface area contributed by atoms with Crippen LogP contribution < -0.4 is 0 Å². The van der Waals surface area contributed by atoms with Gasteiger partial charge in [-0.2, -0.15) is 0 Å². The molecule has 0 aromatic carbocycles. The van der Waals surface area contributed by atoms with Crippen LogP contribution >= 0.6 is 0 Å². The van der Waals surface area contributed by atoms with Crippen molar-refractivity contribution in [2.75, 3.05) is 19.8 Å². The molecule has 1 heterocycles. The van der Waals surface area contributed by atoms with E-state index < -0.39 is 5.79 Å². The Morgan fingerprint density at radius 3 is 2.94 bits per heavy atom. The van der Waals surface area contributed by atoms with Crippen molar-refractivity contribution in [3.8, 4) is 0 Å².